The van der Waals surface area contributed by atoms with Crippen LogP contribution in [0.25, 0.3) is 0 Å². The Labute approximate surface area is 205 Å². The van der Waals surface area contributed by atoms with E-state index in [0.717, 1.165) is 29.2 Å². The number of nitro benzene ring substituents is 1. The number of carbonyl (C=O) groups excluding carboxylic acids is 2. The van der Waals surface area contributed by atoms with Crippen LogP contribution in [0.4, 0.5) is 25.8 Å². The maximum absolute atomic E-state index is 14.1. The number of fused-ring (bicyclic) bond motifs is 2. The van der Waals surface area contributed by atoms with E-state index in [-0.39, 0.29) is 29.2 Å². The number of methoxy groups -OCH3 is 1. The van der Waals surface area contributed by atoms with Crippen molar-refractivity contribution in [2.45, 2.75) is 11.4 Å². The Morgan fingerprint density at radius 3 is 2.42 bits per heavy atom. The minimum Gasteiger partial charge on any atom is -0.497 e. The van der Waals surface area contributed by atoms with Crippen LogP contribution in [0.3, 0.4) is 0 Å². The van der Waals surface area contributed by atoms with Gasteiger partial charge in [0.05, 0.1) is 35.1 Å². The first kappa shape index (κ1) is 23.5. The number of non-ortho nitro benzene ring substituents is 1. The molecule has 2 aliphatic heterocycles. The van der Waals surface area contributed by atoms with Crippen LogP contribution in [0, 0.1) is 21.7 Å². The zero-order valence-corrected chi connectivity index (χ0v) is 19.5. The molecule has 2 unspecified atom stereocenters. The standard InChI is InChI=1S/C24H17F2N3O6S/c1-35-17-6-2-14(3-7-17)12-27-21-9-5-16(29(32)33)10-18(21)24(23(27)31)28(22(30)13-36(24)34)15-4-8-19(25)20(26)11-15/h2-11H,12-13H2,1H3. The Kier molecular flexibility index (Phi) is 5.55. The van der Waals surface area contributed by atoms with E-state index in [1.807, 2.05) is 0 Å². The molecule has 36 heavy (non-hydrogen) atoms. The van der Waals surface area contributed by atoms with Gasteiger partial charge in [-0.15, -0.1) is 0 Å². The van der Waals surface area contributed by atoms with Gasteiger partial charge in [-0.1, -0.05) is 12.1 Å². The van der Waals surface area contributed by atoms with Crippen molar-refractivity contribution in [2.75, 3.05) is 22.7 Å². The summed E-state index contributed by atoms with van der Waals surface area (Å²) in [5.41, 5.74) is 0.289. The Hall–Kier alpha value is -4.19. The third kappa shape index (κ3) is 3.36. The van der Waals surface area contributed by atoms with Crippen LogP contribution >= 0.6 is 0 Å². The first-order valence-corrected chi connectivity index (χ1v) is 11.9. The molecule has 0 aliphatic carbocycles. The van der Waals surface area contributed by atoms with E-state index >= 15 is 0 Å². The van der Waals surface area contributed by atoms with Crippen molar-refractivity contribution < 1.29 is 32.2 Å². The summed E-state index contributed by atoms with van der Waals surface area (Å²) in [6.07, 6.45) is 0. The smallest absolute Gasteiger partial charge is 0.271 e. The summed E-state index contributed by atoms with van der Waals surface area (Å²) >= 11 is 0. The van der Waals surface area contributed by atoms with Gasteiger partial charge in [0.15, 0.2) is 11.6 Å². The van der Waals surface area contributed by atoms with Crippen LogP contribution in [0.2, 0.25) is 0 Å². The molecule has 1 spiro atoms. The molecule has 2 heterocycles. The predicted octanol–water partition coefficient (Wildman–Crippen LogP) is 3.38. The molecule has 3 aromatic carbocycles. The van der Waals surface area contributed by atoms with Gasteiger partial charge in [-0.2, -0.15) is 0 Å². The molecule has 2 aliphatic rings. The quantitative estimate of drug-likeness (QED) is 0.382. The summed E-state index contributed by atoms with van der Waals surface area (Å²) in [6.45, 7) is -0.00754. The molecule has 0 saturated carbocycles. The number of anilines is 2. The lowest BCUT2D eigenvalue weighted by molar-refractivity contribution is -0.384. The summed E-state index contributed by atoms with van der Waals surface area (Å²) in [6, 6.07) is 13.1. The lowest BCUT2D eigenvalue weighted by atomic mass is 10.0. The van der Waals surface area contributed by atoms with Crippen LogP contribution in [-0.2, 0) is 31.8 Å². The number of benzene rings is 3. The lowest BCUT2D eigenvalue weighted by Crippen LogP contribution is -2.52. The van der Waals surface area contributed by atoms with Gasteiger partial charge >= 0.3 is 0 Å². The predicted molar refractivity (Wildman–Crippen MR) is 126 cm³/mol. The van der Waals surface area contributed by atoms with E-state index in [0.29, 0.717) is 11.3 Å². The van der Waals surface area contributed by atoms with Crippen LogP contribution in [0.1, 0.15) is 11.1 Å². The maximum Gasteiger partial charge on any atom is 0.271 e. The van der Waals surface area contributed by atoms with Gasteiger partial charge in [0.2, 0.25) is 10.8 Å². The molecule has 3 aromatic rings. The van der Waals surface area contributed by atoms with E-state index in [2.05, 4.69) is 0 Å². The largest absolute Gasteiger partial charge is 0.497 e. The minimum absolute atomic E-state index is 0.00754. The molecule has 1 saturated heterocycles. The molecule has 184 valence electrons. The molecule has 0 radical (unpaired) electrons. The maximum atomic E-state index is 14.1. The number of rotatable bonds is 5. The van der Waals surface area contributed by atoms with Crippen LogP contribution in [0.15, 0.2) is 60.7 Å². The number of hydrogen-bond donors (Lipinski definition) is 0. The van der Waals surface area contributed by atoms with Crippen LogP contribution in [0.5, 0.6) is 5.75 Å². The van der Waals surface area contributed by atoms with Gasteiger partial charge in [-0.05, 0) is 35.9 Å². The SMILES string of the molecule is COc1ccc(CN2C(=O)C3(c4cc([N+](=O)[O-])ccc42)N(c2ccc(F)c(F)c2)C(=O)CS3=O)cc1. The second kappa shape index (κ2) is 8.48. The Balaban J connectivity index is 1.71. The average Bonchev–Trinajstić information content (AvgIpc) is 3.26. The highest BCUT2D eigenvalue weighted by atomic mass is 32.2. The lowest BCUT2D eigenvalue weighted by Gasteiger charge is -2.32. The minimum atomic E-state index is -2.20. The van der Waals surface area contributed by atoms with Gasteiger partial charge in [-0.3, -0.25) is 28.8 Å². The first-order valence-electron chi connectivity index (χ1n) is 10.6. The van der Waals surface area contributed by atoms with Crippen molar-refractivity contribution in [3.05, 3.63) is 93.5 Å². The molecule has 0 aromatic heterocycles. The van der Waals surface area contributed by atoms with E-state index in [9.17, 15) is 32.7 Å². The van der Waals surface area contributed by atoms with Crippen LogP contribution < -0.4 is 14.5 Å². The molecule has 2 atom stereocenters. The molecular formula is C24H17F2N3O6S. The van der Waals surface area contributed by atoms with E-state index in [4.69, 9.17) is 4.74 Å². The fourth-order valence-corrected chi connectivity index (χ4v) is 6.25. The van der Waals surface area contributed by atoms with Gasteiger partial charge < -0.3 is 9.64 Å². The summed E-state index contributed by atoms with van der Waals surface area (Å²) < 4.78 is 46.5. The fraction of sp³-hybridized carbons (Fsp3) is 0.167. The third-order valence-electron chi connectivity index (χ3n) is 6.19. The van der Waals surface area contributed by atoms with Crippen molar-refractivity contribution in [3.8, 4) is 5.75 Å². The molecule has 5 rings (SSSR count). The second-order valence-corrected chi connectivity index (χ2v) is 9.73. The van der Waals surface area contributed by atoms with Crippen molar-refractivity contribution in [1.29, 1.82) is 0 Å². The highest BCUT2D eigenvalue weighted by molar-refractivity contribution is 7.88. The summed E-state index contributed by atoms with van der Waals surface area (Å²) in [4.78, 5) is 37.9. The molecule has 2 amide bonds. The van der Waals surface area contributed by atoms with Crippen molar-refractivity contribution in [2.24, 2.45) is 0 Å². The number of hydrogen-bond acceptors (Lipinski definition) is 6. The van der Waals surface area contributed by atoms with E-state index in [1.54, 1.807) is 24.3 Å². The number of nitro groups is 1. The monoisotopic (exact) mass is 513 g/mol. The zero-order valence-electron chi connectivity index (χ0n) is 18.6. The van der Waals surface area contributed by atoms with E-state index in [1.165, 1.54) is 24.1 Å². The molecule has 1 fully saturated rings. The van der Waals surface area contributed by atoms with E-state index < -0.39 is 49.8 Å². The summed E-state index contributed by atoms with van der Waals surface area (Å²) in [5, 5.41) is 11.5. The van der Waals surface area contributed by atoms with Gasteiger partial charge in [-0.25, -0.2) is 8.78 Å². The normalized spacial score (nSPS) is 20.8. The zero-order chi connectivity index (χ0) is 25.8. The Morgan fingerprint density at radius 2 is 1.78 bits per heavy atom. The van der Waals surface area contributed by atoms with Crippen molar-refractivity contribution in [3.63, 3.8) is 0 Å². The molecular weight excluding hydrogens is 496 g/mol. The molecule has 12 heteroatoms. The highest BCUT2D eigenvalue weighted by Gasteiger charge is 2.65. The third-order valence-corrected chi connectivity index (χ3v) is 7.94. The summed E-state index contributed by atoms with van der Waals surface area (Å²) in [7, 11) is -0.695. The highest BCUT2D eigenvalue weighted by Crippen LogP contribution is 2.52. The molecule has 9 nitrogen and oxygen atoms in total. The van der Waals surface area contributed by atoms with Gasteiger partial charge in [0.1, 0.15) is 11.5 Å². The number of nitrogens with zero attached hydrogens (tertiary/aromatic N) is 3. The van der Waals surface area contributed by atoms with Crippen molar-refractivity contribution in [1.82, 2.24) is 0 Å². The van der Waals surface area contributed by atoms with Gasteiger partial charge in [0, 0.05) is 29.4 Å². The van der Waals surface area contributed by atoms with Crippen molar-refractivity contribution >= 4 is 39.7 Å². The molecule has 0 bridgehead atoms. The number of ether oxygens (including phenoxy) is 1. The number of amides is 2. The molecule has 0 N–H and O–H groups in total. The summed E-state index contributed by atoms with van der Waals surface area (Å²) in [5.74, 6) is -3.97. The average molecular weight is 513 g/mol. The second-order valence-electron chi connectivity index (χ2n) is 8.16. The Bertz CT molecular complexity index is 1460. The van der Waals surface area contributed by atoms with Gasteiger partial charge in [0.25, 0.3) is 11.6 Å². The Morgan fingerprint density at radius 1 is 1.06 bits per heavy atom. The fourth-order valence-electron chi connectivity index (χ4n) is 4.57. The number of carbonyl (C=O) groups is 2. The first-order chi connectivity index (χ1) is 17.2. The number of halogens is 2. The van der Waals surface area contributed by atoms with Crippen LogP contribution in [-0.4, -0.2) is 33.8 Å². The topological polar surface area (TPSA) is 110 Å².